The first kappa shape index (κ1) is 25.0. The van der Waals surface area contributed by atoms with E-state index in [2.05, 4.69) is 9.98 Å². The van der Waals surface area contributed by atoms with Crippen molar-refractivity contribution in [1.29, 1.82) is 0 Å². The Morgan fingerprint density at radius 2 is 1.97 bits per heavy atom. The summed E-state index contributed by atoms with van der Waals surface area (Å²) in [6.45, 7) is 5.35. The molecule has 4 aromatic rings. The van der Waals surface area contributed by atoms with Crippen molar-refractivity contribution in [1.82, 2.24) is 9.55 Å². The molecule has 1 aromatic carbocycles. The molecule has 0 spiro atoms. The number of allylic oxidation sites excluding steroid dienone is 1. The van der Waals surface area contributed by atoms with Crippen molar-refractivity contribution in [2.45, 2.75) is 26.8 Å². The van der Waals surface area contributed by atoms with Crippen molar-refractivity contribution in [2.75, 3.05) is 6.61 Å². The van der Waals surface area contributed by atoms with E-state index in [0.29, 0.717) is 32.1 Å². The molecule has 192 valence electrons. The van der Waals surface area contributed by atoms with Gasteiger partial charge in [-0.2, -0.15) is 0 Å². The number of thiazole rings is 1. The minimum Gasteiger partial charge on any atom is -0.463 e. The fourth-order valence-electron chi connectivity index (χ4n) is 4.31. The third kappa shape index (κ3) is 4.48. The average molecular weight is 531 g/mol. The summed E-state index contributed by atoms with van der Waals surface area (Å²) in [7, 11) is 0. The summed E-state index contributed by atoms with van der Waals surface area (Å²) in [5.74, 6) is 0.0736. The maximum absolute atomic E-state index is 13.7. The molecule has 0 saturated carbocycles. The smallest absolute Gasteiger partial charge is 0.338 e. The van der Waals surface area contributed by atoms with Gasteiger partial charge in [0.15, 0.2) is 4.80 Å². The third-order valence-corrected chi connectivity index (χ3v) is 7.10. The standard InChI is InChI=1S/C27H22N4O6S/c1-4-36-26(33)23-16(3)29-27-30(25(32)22(38-27)13-17-9-11-28-12-10-17)24(23)21-8-7-20(37-21)19-14-18(31(34)35)6-5-15(19)2/h5-14,24H,4H2,1-3H3/b22-13-/t24-/m0/s1. The van der Waals surface area contributed by atoms with E-state index >= 15 is 0 Å². The Bertz CT molecular complexity index is 1780. The van der Waals surface area contributed by atoms with Gasteiger partial charge in [0, 0.05) is 30.1 Å². The van der Waals surface area contributed by atoms with Crippen LogP contribution >= 0.6 is 11.3 Å². The van der Waals surface area contributed by atoms with Gasteiger partial charge in [0.05, 0.1) is 27.3 Å². The van der Waals surface area contributed by atoms with E-state index in [-0.39, 0.29) is 23.4 Å². The fourth-order valence-corrected chi connectivity index (χ4v) is 5.35. The number of furan rings is 1. The Hall–Kier alpha value is -4.64. The molecule has 4 heterocycles. The zero-order valence-electron chi connectivity index (χ0n) is 20.7. The maximum Gasteiger partial charge on any atom is 0.338 e. The summed E-state index contributed by atoms with van der Waals surface area (Å²) in [5.41, 5.74) is 2.29. The molecule has 3 aromatic heterocycles. The molecule has 5 rings (SSSR count). The topological polar surface area (TPSA) is 130 Å². The van der Waals surface area contributed by atoms with Crippen LogP contribution < -0.4 is 14.9 Å². The van der Waals surface area contributed by atoms with Crippen molar-refractivity contribution in [3.63, 3.8) is 0 Å². The van der Waals surface area contributed by atoms with E-state index in [1.807, 2.05) is 6.92 Å². The lowest BCUT2D eigenvalue weighted by molar-refractivity contribution is -0.384. The molecular weight excluding hydrogens is 508 g/mol. The van der Waals surface area contributed by atoms with Gasteiger partial charge in [0.1, 0.15) is 17.6 Å². The summed E-state index contributed by atoms with van der Waals surface area (Å²) in [6, 6.07) is 10.5. The highest BCUT2D eigenvalue weighted by Crippen LogP contribution is 2.35. The van der Waals surface area contributed by atoms with Crippen molar-refractivity contribution in [3.8, 4) is 11.3 Å². The van der Waals surface area contributed by atoms with Crippen LogP contribution in [0, 0.1) is 17.0 Å². The van der Waals surface area contributed by atoms with E-state index in [0.717, 1.165) is 11.1 Å². The molecule has 0 saturated heterocycles. The van der Waals surface area contributed by atoms with Crippen LogP contribution in [0.1, 0.15) is 36.8 Å². The molecule has 38 heavy (non-hydrogen) atoms. The van der Waals surface area contributed by atoms with Crippen LogP contribution in [0.5, 0.6) is 0 Å². The van der Waals surface area contributed by atoms with Crippen molar-refractivity contribution in [2.24, 2.45) is 4.99 Å². The largest absolute Gasteiger partial charge is 0.463 e. The number of aryl methyl sites for hydroxylation is 1. The van der Waals surface area contributed by atoms with Gasteiger partial charge in [-0.25, -0.2) is 9.79 Å². The summed E-state index contributed by atoms with van der Waals surface area (Å²) in [5, 5.41) is 11.3. The van der Waals surface area contributed by atoms with E-state index in [9.17, 15) is 19.7 Å². The number of carbonyl (C=O) groups is 1. The van der Waals surface area contributed by atoms with Crippen LogP contribution in [0.2, 0.25) is 0 Å². The minimum absolute atomic E-state index is 0.0735. The number of hydrogen-bond donors (Lipinski definition) is 0. The van der Waals surface area contributed by atoms with Crippen LogP contribution in [0.4, 0.5) is 5.69 Å². The van der Waals surface area contributed by atoms with Gasteiger partial charge in [0.25, 0.3) is 11.2 Å². The van der Waals surface area contributed by atoms with Crippen LogP contribution in [0.15, 0.2) is 80.3 Å². The number of non-ortho nitro benzene ring substituents is 1. The SMILES string of the molecule is CCOC(=O)C1=C(C)N=c2s/c(=C\c3ccncc3)c(=O)n2[C@H]1c1ccc(-c2cc([N+](=O)[O-])ccc2C)o1. The van der Waals surface area contributed by atoms with Gasteiger partial charge in [-0.05, 0) is 62.2 Å². The predicted molar refractivity (Wildman–Crippen MR) is 140 cm³/mol. The van der Waals surface area contributed by atoms with Gasteiger partial charge in [0.2, 0.25) is 0 Å². The maximum atomic E-state index is 13.7. The van der Waals surface area contributed by atoms with Gasteiger partial charge < -0.3 is 9.15 Å². The Balaban J connectivity index is 1.70. The average Bonchev–Trinajstić information content (AvgIpc) is 3.49. The number of benzene rings is 1. The lowest BCUT2D eigenvalue weighted by atomic mass is 10.0. The summed E-state index contributed by atoms with van der Waals surface area (Å²) in [4.78, 5) is 46.6. The first-order valence-corrected chi connectivity index (χ1v) is 12.5. The van der Waals surface area contributed by atoms with E-state index in [4.69, 9.17) is 9.15 Å². The molecule has 0 bridgehead atoms. The van der Waals surface area contributed by atoms with Crippen LogP contribution in [0.25, 0.3) is 17.4 Å². The molecule has 11 heteroatoms. The fraction of sp³-hybridized carbons (Fsp3) is 0.185. The summed E-state index contributed by atoms with van der Waals surface area (Å²) < 4.78 is 13.4. The van der Waals surface area contributed by atoms with Gasteiger partial charge in [-0.1, -0.05) is 17.4 Å². The number of fused-ring (bicyclic) bond motifs is 1. The number of hydrogen-bond acceptors (Lipinski definition) is 9. The van der Waals surface area contributed by atoms with Crippen LogP contribution in [0.3, 0.4) is 0 Å². The molecule has 0 radical (unpaired) electrons. The minimum atomic E-state index is -0.933. The molecule has 1 aliphatic rings. The number of pyridine rings is 1. The van der Waals surface area contributed by atoms with Gasteiger partial charge >= 0.3 is 5.97 Å². The van der Waals surface area contributed by atoms with Crippen molar-refractivity contribution < 1.29 is 18.9 Å². The molecule has 1 atom stereocenters. The summed E-state index contributed by atoms with van der Waals surface area (Å²) in [6.07, 6.45) is 5.01. The lowest BCUT2D eigenvalue weighted by Crippen LogP contribution is -2.39. The third-order valence-electron chi connectivity index (χ3n) is 6.11. The molecular formula is C27H22N4O6S. The lowest BCUT2D eigenvalue weighted by Gasteiger charge is -2.22. The predicted octanol–water partition coefficient (Wildman–Crippen LogP) is 3.67. The number of esters is 1. The quantitative estimate of drug-likeness (QED) is 0.211. The highest BCUT2D eigenvalue weighted by atomic mass is 32.1. The Kier molecular flexibility index (Phi) is 6.60. The number of nitro benzene ring substituents is 1. The first-order chi connectivity index (χ1) is 18.3. The Labute approximate surface area is 220 Å². The van der Waals surface area contributed by atoms with Crippen molar-refractivity contribution in [3.05, 3.63) is 113 Å². The van der Waals surface area contributed by atoms with Crippen LogP contribution in [-0.2, 0) is 9.53 Å². The molecule has 0 fully saturated rings. The second-order valence-electron chi connectivity index (χ2n) is 8.54. The zero-order valence-corrected chi connectivity index (χ0v) is 21.5. The Morgan fingerprint density at radius 1 is 1.21 bits per heavy atom. The molecule has 0 unspecified atom stereocenters. The number of rotatable bonds is 6. The monoisotopic (exact) mass is 530 g/mol. The summed E-state index contributed by atoms with van der Waals surface area (Å²) >= 11 is 1.20. The highest BCUT2D eigenvalue weighted by molar-refractivity contribution is 7.07. The first-order valence-electron chi connectivity index (χ1n) is 11.7. The molecule has 0 aliphatic carbocycles. The normalized spacial score (nSPS) is 15.2. The molecule has 0 N–H and O–H groups in total. The van der Waals surface area contributed by atoms with Crippen LogP contribution in [-0.4, -0.2) is 27.1 Å². The highest BCUT2D eigenvalue weighted by Gasteiger charge is 2.35. The molecule has 10 nitrogen and oxygen atoms in total. The molecule has 1 aliphatic heterocycles. The van der Waals surface area contributed by atoms with Gasteiger partial charge in [-0.15, -0.1) is 0 Å². The second-order valence-corrected chi connectivity index (χ2v) is 9.55. The number of nitrogens with zero attached hydrogens (tertiary/aromatic N) is 4. The second kappa shape index (κ2) is 10.0. The van der Waals surface area contributed by atoms with E-state index < -0.39 is 16.9 Å². The zero-order chi connectivity index (χ0) is 27.0. The van der Waals surface area contributed by atoms with Crippen molar-refractivity contribution >= 4 is 29.1 Å². The Morgan fingerprint density at radius 3 is 2.68 bits per heavy atom. The number of nitro groups is 1. The van der Waals surface area contributed by atoms with E-state index in [1.54, 1.807) is 62.6 Å². The number of aromatic nitrogens is 2. The molecule has 0 amide bonds. The van der Waals surface area contributed by atoms with Gasteiger partial charge in [-0.3, -0.25) is 24.5 Å². The number of ether oxygens (including phenoxy) is 1. The van der Waals surface area contributed by atoms with E-state index in [1.165, 1.54) is 28.0 Å². The number of carbonyl (C=O) groups excluding carboxylic acids is 1.